The van der Waals surface area contributed by atoms with Gasteiger partial charge in [-0.2, -0.15) is 0 Å². The van der Waals surface area contributed by atoms with E-state index in [-0.39, 0.29) is 5.75 Å². The molecule has 2 heteroatoms. The standard InChI is InChI=1S/C17H20O2/c1-4-13-12(3)10-11-16(14(13)5-2)19-17-9-7-6-8-15(17)18/h6-11,18H,4-5H2,1-3H3. The van der Waals surface area contributed by atoms with Gasteiger partial charge in [0.1, 0.15) is 5.75 Å². The van der Waals surface area contributed by atoms with E-state index >= 15 is 0 Å². The van der Waals surface area contributed by atoms with Crippen molar-refractivity contribution in [2.75, 3.05) is 0 Å². The Labute approximate surface area is 114 Å². The van der Waals surface area contributed by atoms with Crippen LogP contribution in [0.25, 0.3) is 0 Å². The summed E-state index contributed by atoms with van der Waals surface area (Å²) in [5.41, 5.74) is 3.87. The van der Waals surface area contributed by atoms with Crippen molar-refractivity contribution < 1.29 is 9.84 Å². The topological polar surface area (TPSA) is 29.5 Å². The van der Waals surface area contributed by atoms with Gasteiger partial charge in [-0.15, -0.1) is 0 Å². The normalized spacial score (nSPS) is 10.5. The van der Waals surface area contributed by atoms with E-state index in [0.717, 1.165) is 18.6 Å². The molecule has 0 fully saturated rings. The van der Waals surface area contributed by atoms with E-state index in [4.69, 9.17) is 4.74 Å². The number of benzene rings is 2. The van der Waals surface area contributed by atoms with Crippen LogP contribution < -0.4 is 4.74 Å². The van der Waals surface area contributed by atoms with Gasteiger partial charge < -0.3 is 9.84 Å². The number of para-hydroxylation sites is 2. The van der Waals surface area contributed by atoms with Crippen LogP contribution in [0.3, 0.4) is 0 Å². The molecule has 2 nitrogen and oxygen atoms in total. The third-order valence-electron chi connectivity index (χ3n) is 3.41. The number of ether oxygens (including phenoxy) is 1. The Hall–Kier alpha value is -1.96. The summed E-state index contributed by atoms with van der Waals surface area (Å²) in [6.07, 6.45) is 1.92. The zero-order chi connectivity index (χ0) is 13.8. The van der Waals surface area contributed by atoms with Crippen LogP contribution >= 0.6 is 0 Å². The van der Waals surface area contributed by atoms with E-state index in [1.807, 2.05) is 12.1 Å². The SMILES string of the molecule is CCc1c(C)ccc(Oc2ccccc2O)c1CC. The fourth-order valence-electron chi connectivity index (χ4n) is 2.43. The highest BCUT2D eigenvalue weighted by Crippen LogP contribution is 2.34. The monoisotopic (exact) mass is 256 g/mol. The molecule has 100 valence electrons. The van der Waals surface area contributed by atoms with Crippen LogP contribution in [0.15, 0.2) is 36.4 Å². The molecule has 0 aliphatic carbocycles. The van der Waals surface area contributed by atoms with E-state index in [1.54, 1.807) is 18.2 Å². The molecule has 2 aromatic carbocycles. The molecule has 19 heavy (non-hydrogen) atoms. The second-order valence-corrected chi connectivity index (χ2v) is 4.61. The van der Waals surface area contributed by atoms with Gasteiger partial charge in [0.15, 0.2) is 11.5 Å². The number of hydrogen-bond acceptors (Lipinski definition) is 2. The molecular formula is C17H20O2. The maximum absolute atomic E-state index is 9.79. The van der Waals surface area contributed by atoms with Gasteiger partial charge in [0.2, 0.25) is 0 Å². The molecular weight excluding hydrogens is 236 g/mol. The Bertz CT molecular complexity index is 573. The van der Waals surface area contributed by atoms with Crippen LogP contribution in [-0.4, -0.2) is 5.11 Å². The van der Waals surface area contributed by atoms with Gasteiger partial charge in [0.05, 0.1) is 0 Å². The Morgan fingerprint density at radius 3 is 2.21 bits per heavy atom. The molecule has 0 bridgehead atoms. The lowest BCUT2D eigenvalue weighted by atomic mass is 9.97. The molecule has 0 radical (unpaired) electrons. The van der Waals surface area contributed by atoms with Gasteiger partial charge in [-0.25, -0.2) is 0 Å². The van der Waals surface area contributed by atoms with Crippen LogP contribution in [0.2, 0.25) is 0 Å². The van der Waals surface area contributed by atoms with Crippen LogP contribution in [0.4, 0.5) is 0 Å². The smallest absolute Gasteiger partial charge is 0.169 e. The number of rotatable bonds is 4. The van der Waals surface area contributed by atoms with Crippen molar-refractivity contribution >= 4 is 0 Å². The first-order valence-electron chi connectivity index (χ1n) is 6.74. The third-order valence-corrected chi connectivity index (χ3v) is 3.41. The van der Waals surface area contributed by atoms with Crippen LogP contribution in [0.1, 0.15) is 30.5 Å². The van der Waals surface area contributed by atoms with Crippen LogP contribution in [-0.2, 0) is 12.8 Å². The lowest BCUT2D eigenvalue weighted by molar-refractivity contribution is 0.408. The highest BCUT2D eigenvalue weighted by molar-refractivity contribution is 5.49. The molecule has 0 heterocycles. The number of phenols is 1. The Kier molecular flexibility index (Phi) is 4.10. The van der Waals surface area contributed by atoms with Gasteiger partial charge in [0, 0.05) is 0 Å². The quantitative estimate of drug-likeness (QED) is 0.865. The summed E-state index contributed by atoms with van der Waals surface area (Å²) in [6.45, 7) is 6.42. The molecule has 0 aromatic heterocycles. The van der Waals surface area contributed by atoms with E-state index in [9.17, 15) is 5.11 Å². The van der Waals surface area contributed by atoms with Crippen molar-refractivity contribution in [2.45, 2.75) is 33.6 Å². The number of phenolic OH excluding ortho intramolecular Hbond substituents is 1. The highest BCUT2D eigenvalue weighted by Gasteiger charge is 2.11. The number of aromatic hydroxyl groups is 1. The van der Waals surface area contributed by atoms with E-state index in [2.05, 4.69) is 26.8 Å². The zero-order valence-electron chi connectivity index (χ0n) is 11.7. The molecule has 0 atom stereocenters. The molecule has 1 N–H and O–H groups in total. The van der Waals surface area contributed by atoms with Crippen molar-refractivity contribution in [3.8, 4) is 17.2 Å². The molecule has 2 rings (SSSR count). The lowest BCUT2D eigenvalue weighted by Crippen LogP contribution is -1.99. The summed E-state index contributed by atoms with van der Waals surface area (Å²) in [4.78, 5) is 0. The second-order valence-electron chi connectivity index (χ2n) is 4.61. The minimum Gasteiger partial charge on any atom is -0.504 e. The van der Waals surface area contributed by atoms with Gasteiger partial charge in [-0.05, 0) is 54.7 Å². The van der Waals surface area contributed by atoms with Gasteiger partial charge in [0.25, 0.3) is 0 Å². The van der Waals surface area contributed by atoms with Gasteiger partial charge >= 0.3 is 0 Å². The van der Waals surface area contributed by atoms with Crippen molar-refractivity contribution in [1.82, 2.24) is 0 Å². The Morgan fingerprint density at radius 1 is 0.895 bits per heavy atom. The fraction of sp³-hybridized carbons (Fsp3) is 0.294. The lowest BCUT2D eigenvalue weighted by Gasteiger charge is -2.16. The van der Waals surface area contributed by atoms with Crippen molar-refractivity contribution in [1.29, 1.82) is 0 Å². The molecule has 0 aliphatic rings. The summed E-state index contributed by atoms with van der Waals surface area (Å²) in [5.74, 6) is 1.51. The first-order chi connectivity index (χ1) is 9.17. The molecule has 0 saturated carbocycles. The highest BCUT2D eigenvalue weighted by atomic mass is 16.5. The Balaban J connectivity index is 2.43. The summed E-state index contributed by atoms with van der Waals surface area (Å²) in [7, 11) is 0. The Morgan fingerprint density at radius 2 is 1.58 bits per heavy atom. The second kappa shape index (κ2) is 5.79. The van der Waals surface area contributed by atoms with E-state index in [0.29, 0.717) is 5.75 Å². The average molecular weight is 256 g/mol. The number of aryl methyl sites for hydroxylation is 1. The largest absolute Gasteiger partial charge is 0.504 e. The van der Waals surface area contributed by atoms with Crippen molar-refractivity contribution in [2.24, 2.45) is 0 Å². The van der Waals surface area contributed by atoms with E-state index in [1.165, 1.54) is 16.7 Å². The fourth-order valence-corrected chi connectivity index (χ4v) is 2.43. The molecule has 0 saturated heterocycles. The summed E-state index contributed by atoms with van der Waals surface area (Å²) in [6, 6.07) is 11.1. The molecule has 0 amide bonds. The van der Waals surface area contributed by atoms with Gasteiger partial charge in [-0.3, -0.25) is 0 Å². The first kappa shape index (κ1) is 13.5. The van der Waals surface area contributed by atoms with Crippen molar-refractivity contribution in [3.63, 3.8) is 0 Å². The maximum atomic E-state index is 9.79. The molecule has 0 spiro atoms. The molecule has 2 aromatic rings. The summed E-state index contributed by atoms with van der Waals surface area (Å²) >= 11 is 0. The predicted octanol–water partition coefficient (Wildman–Crippen LogP) is 4.62. The molecule has 0 unspecified atom stereocenters. The third kappa shape index (κ3) is 2.73. The minimum absolute atomic E-state index is 0.170. The van der Waals surface area contributed by atoms with Gasteiger partial charge in [-0.1, -0.05) is 32.0 Å². The van der Waals surface area contributed by atoms with Crippen molar-refractivity contribution in [3.05, 3.63) is 53.1 Å². The molecule has 0 aliphatic heterocycles. The maximum Gasteiger partial charge on any atom is 0.169 e. The summed E-state index contributed by atoms with van der Waals surface area (Å²) in [5, 5.41) is 9.79. The predicted molar refractivity (Wildman–Crippen MR) is 78.1 cm³/mol. The first-order valence-corrected chi connectivity index (χ1v) is 6.74. The van der Waals surface area contributed by atoms with Crippen LogP contribution in [0.5, 0.6) is 17.2 Å². The number of hydrogen-bond donors (Lipinski definition) is 1. The van der Waals surface area contributed by atoms with E-state index < -0.39 is 0 Å². The average Bonchev–Trinajstić information content (AvgIpc) is 2.42. The zero-order valence-corrected chi connectivity index (χ0v) is 11.7. The minimum atomic E-state index is 0.170. The summed E-state index contributed by atoms with van der Waals surface area (Å²) < 4.78 is 5.88. The van der Waals surface area contributed by atoms with Crippen LogP contribution in [0, 0.1) is 6.92 Å².